The van der Waals surface area contributed by atoms with Crippen molar-refractivity contribution in [3.05, 3.63) is 101 Å². The van der Waals surface area contributed by atoms with Gasteiger partial charge in [0.05, 0.1) is 17.1 Å². The summed E-state index contributed by atoms with van der Waals surface area (Å²) < 4.78 is 66.6. The molecule has 0 aliphatic heterocycles. The van der Waals surface area contributed by atoms with Crippen molar-refractivity contribution in [3.8, 4) is 5.75 Å². The molecule has 0 aliphatic carbocycles. The molecule has 13 nitrogen and oxygen atoms in total. The number of aryl methyl sites for hydroxylation is 1. The Morgan fingerprint density at radius 1 is 0.674 bits per heavy atom. The van der Waals surface area contributed by atoms with Gasteiger partial charge in [-0.05, 0) is 78.2 Å². The third kappa shape index (κ3) is 8.02. The first-order valence-electron chi connectivity index (χ1n) is 12.1. The van der Waals surface area contributed by atoms with E-state index in [4.69, 9.17) is 5.11 Å². The van der Waals surface area contributed by atoms with E-state index < -0.39 is 42.4 Å². The molecule has 0 unspecified atom stereocenters. The number of rotatable bonds is 9. The number of carboxylic acid groups (broad SMARTS) is 1. The van der Waals surface area contributed by atoms with Crippen LogP contribution in [0, 0.1) is 6.92 Å². The molecule has 0 spiro atoms. The molecule has 0 radical (unpaired) electrons. The number of hydrogen-bond acceptors (Lipinski definition) is 10. The van der Waals surface area contributed by atoms with E-state index in [9.17, 15) is 35.8 Å². The molecule has 0 saturated carbocycles. The molecule has 0 atom stereocenters. The van der Waals surface area contributed by atoms with Crippen molar-refractivity contribution in [1.82, 2.24) is 0 Å². The molecule has 0 aromatic heterocycles. The summed E-state index contributed by atoms with van der Waals surface area (Å²) in [6.45, 7) is 1.71. The minimum atomic E-state index is -4.77. The molecule has 0 aliphatic rings. The van der Waals surface area contributed by atoms with Crippen LogP contribution < -0.4 is 0 Å². The van der Waals surface area contributed by atoms with Crippen molar-refractivity contribution in [3.63, 3.8) is 0 Å². The average molecular weight is 623 g/mol. The summed E-state index contributed by atoms with van der Waals surface area (Å²) in [5, 5.41) is 34.4. The lowest BCUT2D eigenvalue weighted by Crippen LogP contribution is -2.01. The number of hydrogen-bond donors (Lipinski definition) is 4. The second-order valence-electron chi connectivity index (χ2n) is 8.97. The summed E-state index contributed by atoms with van der Waals surface area (Å²) in [5.41, 5.74) is 1.45. The van der Waals surface area contributed by atoms with Crippen LogP contribution in [0.15, 0.2) is 109 Å². The Bertz CT molecular complexity index is 2020. The lowest BCUT2D eigenvalue weighted by Gasteiger charge is -2.04. The largest absolute Gasteiger partial charge is 0.507 e. The minimum Gasteiger partial charge on any atom is -0.507 e. The van der Waals surface area contributed by atoms with Gasteiger partial charge in [-0.2, -0.15) is 32.2 Å². The van der Waals surface area contributed by atoms with Crippen molar-refractivity contribution < 1.29 is 40.9 Å². The van der Waals surface area contributed by atoms with Gasteiger partial charge in [0.1, 0.15) is 26.8 Å². The van der Waals surface area contributed by atoms with Crippen LogP contribution in [0.2, 0.25) is 0 Å². The number of phenols is 1. The van der Waals surface area contributed by atoms with Gasteiger partial charge in [0.15, 0.2) is 0 Å². The van der Waals surface area contributed by atoms with Crippen LogP contribution >= 0.6 is 0 Å². The van der Waals surface area contributed by atoms with Crippen LogP contribution in [0.4, 0.5) is 22.7 Å². The van der Waals surface area contributed by atoms with Gasteiger partial charge < -0.3 is 10.2 Å². The van der Waals surface area contributed by atoms with Crippen LogP contribution in [0.1, 0.15) is 27.0 Å². The summed E-state index contributed by atoms with van der Waals surface area (Å²) >= 11 is 0. The topological polar surface area (TPSA) is 216 Å². The van der Waals surface area contributed by atoms with Crippen LogP contribution in [-0.2, 0) is 20.2 Å². The molecule has 4 aromatic rings. The number of carbonyl (C=O) groups is 1. The molecule has 4 rings (SSSR count). The predicted octanol–water partition coefficient (Wildman–Crippen LogP) is 6.89. The van der Waals surface area contributed by atoms with E-state index >= 15 is 0 Å². The number of aromatic carboxylic acids is 1. The highest BCUT2D eigenvalue weighted by Gasteiger charge is 2.17. The molecule has 0 heterocycles. The number of aromatic hydroxyl groups is 1. The summed E-state index contributed by atoms with van der Waals surface area (Å²) in [7, 11) is -9.18. The Hall–Kier alpha value is -5.09. The quantitative estimate of drug-likeness (QED) is 0.0866. The fourth-order valence-corrected chi connectivity index (χ4v) is 5.09. The van der Waals surface area contributed by atoms with Crippen LogP contribution in [0.3, 0.4) is 0 Å². The average Bonchev–Trinajstić information content (AvgIpc) is 2.94. The van der Waals surface area contributed by atoms with Crippen LogP contribution in [-0.4, -0.2) is 42.1 Å². The first-order valence-corrected chi connectivity index (χ1v) is 15.0. The van der Waals surface area contributed by atoms with Crippen LogP contribution in [0.5, 0.6) is 5.75 Å². The van der Waals surface area contributed by atoms with E-state index in [2.05, 4.69) is 20.5 Å². The van der Waals surface area contributed by atoms with Gasteiger partial charge in [-0.1, -0.05) is 36.4 Å². The van der Waals surface area contributed by atoms with Gasteiger partial charge in [0.25, 0.3) is 20.2 Å². The first kappa shape index (κ1) is 30.9. The first-order chi connectivity index (χ1) is 20.2. The van der Waals surface area contributed by atoms with Crippen molar-refractivity contribution in [1.29, 1.82) is 0 Å². The van der Waals surface area contributed by atoms with E-state index in [0.717, 1.165) is 18.2 Å². The molecule has 0 saturated heterocycles. The lowest BCUT2D eigenvalue weighted by molar-refractivity contribution is 0.0693. The highest BCUT2D eigenvalue weighted by Crippen LogP contribution is 2.32. The van der Waals surface area contributed by atoms with Crippen molar-refractivity contribution in [2.75, 3.05) is 0 Å². The number of carboxylic acids is 1. The molecular weight excluding hydrogens is 600 g/mol. The summed E-state index contributed by atoms with van der Waals surface area (Å²) in [6, 6.07) is 18.3. The second-order valence-corrected chi connectivity index (χ2v) is 11.8. The number of nitrogens with zero attached hydrogens (tertiary/aromatic N) is 4. The monoisotopic (exact) mass is 622 g/mol. The zero-order valence-corrected chi connectivity index (χ0v) is 23.7. The van der Waals surface area contributed by atoms with Crippen molar-refractivity contribution >= 4 is 61.1 Å². The molecular formula is C28H22N4O9S2. The fourth-order valence-electron chi connectivity index (χ4n) is 3.68. The SMILES string of the molecule is Cc1ccc(C=Cc2ccc(N=Nc3ccc(N=Nc4ccc(O)c(C(=O)O)c4)c(S(=O)(=O)O)c3)cc2)c(S(=O)(=O)O)c1. The fraction of sp³-hybridized carbons (Fsp3) is 0.0357. The maximum atomic E-state index is 12.0. The van der Waals surface area contributed by atoms with E-state index in [1.807, 2.05) is 0 Å². The Morgan fingerprint density at radius 3 is 1.91 bits per heavy atom. The molecule has 4 aromatic carbocycles. The Balaban J connectivity index is 1.54. The maximum Gasteiger partial charge on any atom is 0.339 e. The molecule has 0 bridgehead atoms. The standard InChI is InChI=1S/C28H22N4O9S2/c1-17-2-6-19(26(14-17)42(36,37)38)7-3-18-4-8-20(9-5-18)29-30-22-10-12-24(27(16-22)43(39,40)41)32-31-21-11-13-25(33)23(15-21)28(34)35/h2-16,33H,1H3,(H,34,35)(H,36,37,38)(H,39,40,41). The highest BCUT2D eigenvalue weighted by atomic mass is 32.2. The van der Waals surface area contributed by atoms with Crippen molar-refractivity contribution in [2.24, 2.45) is 20.5 Å². The van der Waals surface area contributed by atoms with E-state index in [1.165, 1.54) is 24.3 Å². The predicted molar refractivity (Wildman–Crippen MR) is 156 cm³/mol. The zero-order valence-electron chi connectivity index (χ0n) is 22.1. The summed E-state index contributed by atoms with van der Waals surface area (Å²) in [4.78, 5) is 10.4. The summed E-state index contributed by atoms with van der Waals surface area (Å²) in [6.07, 6.45) is 3.19. The molecule has 220 valence electrons. The second kappa shape index (κ2) is 12.4. The smallest absolute Gasteiger partial charge is 0.339 e. The molecule has 43 heavy (non-hydrogen) atoms. The van der Waals surface area contributed by atoms with Gasteiger partial charge >= 0.3 is 5.97 Å². The van der Waals surface area contributed by atoms with E-state index in [0.29, 0.717) is 22.4 Å². The summed E-state index contributed by atoms with van der Waals surface area (Å²) in [5.74, 6) is -1.88. The van der Waals surface area contributed by atoms with Gasteiger partial charge in [-0.25, -0.2) is 4.79 Å². The van der Waals surface area contributed by atoms with Crippen molar-refractivity contribution in [2.45, 2.75) is 16.7 Å². The Labute approximate surface area is 245 Å². The molecule has 0 amide bonds. The van der Waals surface area contributed by atoms with E-state index in [1.54, 1.807) is 55.5 Å². The Morgan fingerprint density at radius 2 is 1.26 bits per heavy atom. The minimum absolute atomic E-state index is 0.0104. The maximum absolute atomic E-state index is 12.0. The van der Waals surface area contributed by atoms with Gasteiger partial charge in [-0.15, -0.1) is 5.11 Å². The molecule has 0 fully saturated rings. The van der Waals surface area contributed by atoms with E-state index in [-0.39, 0.29) is 22.0 Å². The third-order valence-electron chi connectivity index (χ3n) is 5.78. The zero-order chi connectivity index (χ0) is 31.4. The molecule has 4 N–H and O–H groups in total. The Kier molecular flexibility index (Phi) is 8.91. The van der Waals surface area contributed by atoms with Crippen LogP contribution in [0.25, 0.3) is 12.2 Å². The van der Waals surface area contributed by atoms with Gasteiger partial charge in [0.2, 0.25) is 0 Å². The molecule has 15 heteroatoms. The van der Waals surface area contributed by atoms with Gasteiger partial charge in [0, 0.05) is 0 Å². The number of benzene rings is 4. The normalized spacial score (nSPS) is 12.4. The van der Waals surface area contributed by atoms with Gasteiger partial charge in [-0.3, -0.25) is 9.11 Å². The lowest BCUT2D eigenvalue weighted by atomic mass is 10.1. The number of azo groups is 2. The third-order valence-corrected chi connectivity index (χ3v) is 7.57. The highest BCUT2D eigenvalue weighted by molar-refractivity contribution is 7.86.